The molecule has 0 saturated carbocycles. The third-order valence-electron chi connectivity index (χ3n) is 3.61. The van der Waals surface area contributed by atoms with Crippen LogP contribution in [0.4, 0.5) is 17.6 Å². The first kappa shape index (κ1) is 21.6. The number of nitrogens with one attached hydrogen (secondary N) is 1. The Labute approximate surface area is 150 Å². The fraction of sp³-hybridized carbons (Fsp3) is 0.625. The Balaban J connectivity index is 3.18. The van der Waals surface area contributed by atoms with Gasteiger partial charge in [-0.1, -0.05) is 33.8 Å². The van der Waals surface area contributed by atoms with E-state index in [-0.39, 0.29) is 17.3 Å². The lowest BCUT2D eigenvalue weighted by Gasteiger charge is -2.34. The first-order valence-corrected chi connectivity index (χ1v) is 8.42. The van der Waals surface area contributed by atoms with Gasteiger partial charge < -0.3 is 10.4 Å². The fourth-order valence-corrected chi connectivity index (χ4v) is 2.50. The van der Waals surface area contributed by atoms with Crippen LogP contribution < -0.4 is 5.32 Å². The fourth-order valence-electron chi connectivity index (χ4n) is 2.20. The van der Waals surface area contributed by atoms with Gasteiger partial charge in [-0.25, -0.2) is 4.39 Å². The van der Waals surface area contributed by atoms with E-state index in [9.17, 15) is 22.7 Å². The number of hydrogen-bond donors (Lipinski definition) is 2. The standard InChI is InChI=1S/C16H23F4N3OS/c1-5-7-11(17)12(8-6-2)21-14(25)23-15(24,16(18,19)20)9-13(22-23)10(3)4/h7-8,10,24H,5-6,9H2,1-4H3,(H,21,25)/b11-7+,12-8+. The van der Waals surface area contributed by atoms with Crippen LogP contribution >= 0.6 is 12.2 Å². The van der Waals surface area contributed by atoms with Crippen molar-refractivity contribution in [2.75, 3.05) is 0 Å². The lowest BCUT2D eigenvalue weighted by molar-refractivity contribution is -0.294. The van der Waals surface area contributed by atoms with Gasteiger partial charge in [-0.2, -0.15) is 23.3 Å². The molecule has 1 aliphatic rings. The van der Waals surface area contributed by atoms with Crippen LogP contribution in [0, 0.1) is 5.92 Å². The summed E-state index contributed by atoms with van der Waals surface area (Å²) in [5, 5.41) is 16.3. The Bertz CT molecular complexity index is 599. The number of thiocarbonyl (C=S) groups is 1. The molecule has 1 rings (SSSR count). The number of hydrogen-bond acceptors (Lipinski definition) is 3. The summed E-state index contributed by atoms with van der Waals surface area (Å²) < 4.78 is 54.3. The van der Waals surface area contributed by atoms with Crippen LogP contribution in [0.1, 0.15) is 47.0 Å². The molecule has 4 nitrogen and oxygen atoms in total. The van der Waals surface area contributed by atoms with E-state index in [2.05, 4.69) is 10.4 Å². The largest absolute Gasteiger partial charge is 0.438 e. The number of aliphatic hydroxyl groups is 1. The molecular formula is C16H23F4N3OS. The van der Waals surface area contributed by atoms with E-state index in [4.69, 9.17) is 12.2 Å². The molecule has 0 radical (unpaired) electrons. The average molecular weight is 381 g/mol. The van der Waals surface area contributed by atoms with Crippen LogP contribution in [0.25, 0.3) is 0 Å². The topological polar surface area (TPSA) is 47.9 Å². The molecule has 0 amide bonds. The zero-order valence-corrected chi connectivity index (χ0v) is 15.4. The molecule has 0 saturated heterocycles. The van der Waals surface area contributed by atoms with Crippen LogP contribution in [0.3, 0.4) is 0 Å². The molecule has 25 heavy (non-hydrogen) atoms. The van der Waals surface area contributed by atoms with E-state index < -0.39 is 29.3 Å². The summed E-state index contributed by atoms with van der Waals surface area (Å²) in [6.07, 6.45) is -2.10. The molecule has 0 aliphatic carbocycles. The highest BCUT2D eigenvalue weighted by Gasteiger charge is 2.62. The van der Waals surface area contributed by atoms with Gasteiger partial charge in [-0.3, -0.25) is 0 Å². The lowest BCUT2D eigenvalue weighted by Crippen LogP contribution is -2.58. The zero-order chi connectivity index (χ0) is 19.4. The second-order valence-corrected chi connectivity index (χ2v) is 6.35. The maximum atomic E-state index is 14.1. The summed E-state index contributed by atoms with van der Waals surface area (Å²) >= 11 is 4.98. The summed E-state index contributed by atoms with van der Waals surface area (Å²) in [6.45, 7) is 6.81. The van der Waals surface area contributed by atoms with E-state index in [1.165, 1.54) is 12.2 Å². The highest BCUT2D eigenvalue weighted by molar-refractivity contribution is 7.80. The monoisotopic (exact) mass is 381 g/mol. The van der Waals surface area contributed by atoms with Crippen molar-refractivity contribution in [1.29, 1.82) is 0 Å². The van der Waals surface area contributed by atoms with E-state index in [0.29, 0.717) is 17.9 Å². The molecule has 0 aromatic carbocycles. The summed E-state index contributed by atoms with van der Waals surface area (Å²) in [5.41, 5.74) is -3.14. The Morgan fingerprint density at radius 2 is 1.92 bits per heavy atom. The van der Waals surface area contributed by atoms with Crippen LogP contribution in [0.2, 0.25) is 0 Å². The Morgan fingerprint density at radius 1 is 1.36 bits per heavy atom. The second kappa shape index (κ2) is 8.27. The second-order valence-electron chi connectivity index (χ2n) is 5.97. The molecule has 9 heteroatoms. The van der Waals surface area contributed by atoms with Crippen LogP contribution in [0.15, 0.2) is 28.8 Å². The van der Waals surface area contributed by atoms with Crippen molar-refractivity contribution >= 4 is 23.0 Å². The van der Waals surface area contributed by atoms with Gasteiger partial charge in [-0.15, -0.1) is 0 Å². The molecule has 2 N–H and O–H groups in total. The van der Waals surface area contributed by atoms with Crippen LogP contribution in [-0.4, -0.2) is 32.8 Å². The van der Waals surface area contributed by atoms with Gasteiger partial charge in [0.05, 0.1) is 5.70 Å². The van der Waals surface area contributed by atoms with Gasteiger partial charge in [0.1, 0.15) is 5.83 Å². The number of halogens is 4. The average Bonchev–Trinajstić information content (AvgIpc) is 2.86. The Kier molecular flexibility index (Phi) is 7.13. The van der Waals surface area contributed by atoms with Crippen molar-refractivity contribution in [2.24, 2.45) is 11.0 Å². The Hall–Kier alpha value is -1.48. The summed E-state index contributed by atoms with van der Waals surface area (Å²) in [7, 11) is 0. The highest BCUT2D eigenvalue weighted by atomic mass is 32.1. The van der Waals surface area contributed by atoms with Crippen molar-refractivity contribution in [3.63, 3.8) is 0 Å². The van der Waals surface area contributed by atoms with Gasteiger partial charge >= 0.3 is 6.18 Å². The maximum absolute atomic E-state index is 14.1. The number of alkyl halides is 3. The van der Waals surface area contributed by atoms with E-state index >= 15 is 0 Å². The molecule has 0 fully saturated rings. The van der Waals surface area contributed by atoms with Crippen molar-refractivity contribution in [1.82, 2.24) is 10.3 Å². The van der Waals surface area contributed by atoms with Crippen LogP contribution in [-0.2, 0) is 0 Å². The first-order valence-electron chi connectivity index (χ1n) is 8.01. The van der Waals surface area contributed by atoms with Crippen molar-refractivity contribution in [2.45, 2.75) is 58.9 Å². The molecular weight excluding hydrogens is 358 g/mol. The number of nitrogens with zero attached hydrogens (tertiary/aromatic N) is 2. The third-order valence-corrected chi connectivity index (χ3v) is 3.88. The molecule has 0 aromatic heterocycles. The third kappa shape index (κ3) is 4.78. The van der Waals surface area contributed by atoms with Crippen molar-refractivity contribution < 1.29 is 22.7 Å². The Morgan fingerprint density at radius 3 is 2.36 bits per heavy atom. The van der Waals surface area contributed by atoms with E-state index in [1.54, 1.807) is 27.7 Å². The predicted molar refractivity (Wildman–Crippen MR) is 93.3 cm³/mol. The van der Waals surface area contributed by atoms with Crippen LogP contribution in [0.5, 0.6) is 0 Å². The minimum Gasteiger partial charge on any atom is -0.362 e. The van der Waals surface area contributed by atoms with Crippen molar-refractivity contribution in [3.8, 4) is 0 Å². The zero-order valence-electron chi connectivity index (χ0n) is 14.6. The molecule has 142 valence electrons. The van der Waals surface area contributed by atoms with Gasteiger partial charge in [-0.05, 0) is 37.1 Å². The number of hydrazone groups is 1. The van der Waals surface area contributed by atoms with Gasteiger partial charge in [0.25, 0.3) is 5.72 Å². The van der Waals surface area contributed by atoms with E-state index in [1.807, 2.05) is 0 Å². The lowest BCUT2D eigenvalue weighted by atomic mass is 9.99. The molecule has 0 aromatic rings. The minimum absolute atomic E-state index is 0.0490. The molecule has 1 heterocycles. The predicted octanol–water partition coefficient (Wildman–Crippen LogP) is 4.39. The number of allylic oxidation sites excluding steroid dienone is 3. The smallest absolute Gasteiger partial charge is 0.362 e. The summed E-state index contributed by atoms with van der Waals surface area (Å²) in [5.74, 6) is -0.932. The molecule has 1 unspecified atom stereocenters. The molecule has 0 bridgehead atoms. The normalized spacial score (nSPS) is 22.5. The summed E-state index contributed by atoms with van der Waals surface area (Å²) in [6, 6.07) is 0. The minimum atomic E-state index is -4.98. The SMILES string of the molecule is CC/C=C(F)\C(=C/CC)NC(=S)N1N=C(C(C)C)CC1(O)C(F)(F)F. The van der Waals surface area contributed by atoms with E-state index in [0.717, 1.165) is 0 Å². The molecule has 1 aliphatic heterocycles. The summed E-state index contributed by atoms with van der Waals surface area (Å²) in [4.78, 5) is 0. The molecule has 1 atom stereocenters. The van der Waals surface area contributed by atoms with Gasteiger partial charge in [0, 0.05) is 12.1 Å². The number of rotatable bonds is 5. The quantitative estimate of drug-likeness (QED) is 0.421. The van der Waals surface area contributed by atoms with Crippen molar-refractivity contribution in [3.05, 3.63) is 23.7 Å². The van der Waals surface area contributed by atoms with Gasteiger partial charge in [0.2, 0.25) is 0 Å². The first-order chi connectivity index (χ1) is 11.5. The molecule has 0 spiro atoms. The highest BCUT2D eigenvalue weighted by Crippen LogP contribution is 2.41. The maximum Gasteiger partial charge on any atom is 0.438 e. The van der Waals surface area contributed by atoms with Gasteiger partial charge in [0.15, 0.2) is 5.11 Å².